The van der Waals surface area contributed by atoms with E-state index in [4.69, 9.17) is 14.2 Å². The first-order valence-electron chi connectivity index (χ1n) is 6.70. The first kappa shape index (κ1) is 15.6. The number of pyridine rings is 1. The fraction of sp³-hybridized carbons (Fsp3) is 0.250. The lowest BCUT2D eigenvalue weighted by Crippen LogP contribution is -2.14. The van der Waals surface area contributed by atoms with Gasteiger partial charge in [0.15, 0.2) is 11.5 Å². The van der Waals surface area contributed by atoms with Crippen LogP contribution in [0, 0.1) is 6.92 Å². The van der Waals surface area contributed by atoms with Gasteiger partial charge < -0.3 is 14.2 Å². The number of rotatable bonds is 5. The molecular weight excluding hydrogens is 284 g/mol. The summed E-state index contributed by atoms with van der Waals surface area (Å²) in [6.45, 7) is 1.93. The number of anilines is 1. The summed E-state index contributed by atoms with van der Waals surface area (Å²) in [4.78, 5) is 16.0. The number of hydrogen-bond acceptors (Lipinski definition) is 5. The molecule has 0 radical (unpaired) electrons. The van der Waals surface area contributed by atoms with Gasteiger partial charge in [-0.1, -0.05) is 12.1 Å². The average Bonchev–Trinajstić information content (AvgIpc) is 2.52. The molecule has 6 nitrogen and oxygen atoms in total. The van der Waals surface area contributed by atoms with Crippen molar-refractivity contribution < 1.29 is 19.0 Å². The van der Waals surface area contributed by atoms with E-state index in [9.17, 15) is 4.79 Å². The van der Waals surface area contributed by atoms with Crippen molar-refractivity contribution in [2.24, 2.45) is 0 Å². The first-order valence-corrected chi connectivity index (χ1v) is 6.70. The molecule has 0 atom stereocenters. The Morgan fingerprint density at radius 1 is 1.23 bits per heavy atom. The predicted molar refractivity (Wildman–Crippen MR) is 82.3 cm³/mol. The minimum Gasteiger partial charge on any atom is -0.493 e. The number of amides is 1. The molecule has 0 saturated heterocycles. The summed E-state index contributed by atoms with van der Waals surface area (Å²) >= 11 is 0. The Morgan fingerprint density at radius 2 is 2.05 bits per heavy atom. The molecule has 2 rings (SSSR count). The molecule has 116 valence electrons. The molecule has 0 aliphatic carbocycles. The lowest BCUT2D eigenvalue weighted by atomic mass is 10.2. The highest BCUT2D eigenvalue weighted by Crippen LogP contribution is 2.29. The number of methoxy groups -OCH3 is 2. The maximum atomic E-state index is 11.8. The van der Waals surface area contributed by atoms with E-state index in [0.29, 0.717) is 22.9 Å². The third-order valence-corrected chi connectivity index (χ3v) is 2.97. The monoisotopic (exact) mass is 302 g/mol. The summed E-state index contributed by atoms with van der Waals surface area (Å²) < 4.78 is 15.6. The number of carbonyl (C=O) groups is 1. The number of ether oxygens (including phenoxy) is 3. The second-order valence-electron chi connectivity index (χ2n) is 4.56. The van der Waals surface area contributed by atoms with E-state index in [1.54, 1.807) is 18.3 Å². The van der Waals surface area contributed by atoms with Crippen molar-refractivity contribution in [1.82, 2.24) is 4.98 Å². The summed E-state index contributed by atoms with van der Waals surface area (Å²) in [5.74, 6) is 0.989. The second-order valence-corrected chi connectivity index (χ2v) is 4.56. The van der Waals surface area contributed by atoms with Crippen LogP contribution < -0.4 is 14.8 Å². The van der Waals surface area contributed by atoms with Gasteiger partial charge in [-0.2, -0.15) is 0 Å². The Hall–Kier alpha value is -2.76. The normalized spacial score (nSPS) is 9.95. The van der Waals surface area contributed by atoms with Crippen LogP contribution >= 0.6 is 0 Å². The molecule has 6 heteroatoms. The highest BCUT2D eigenvalue weighted by atomic mass is 16.6. The zero-order chi connectivity index (χ0) is 15.9. The van der Waals surface area contributed by atoms with E-state index in [2.05, 4.69) is 10.3 Å². The van der Waals surface area contributed by atoms with Crippen LogP contribution in [0.15, 0.2) is 36.5 Å². The fourth-order valence-corrected chi connectivity index (χ4v) is 1.96. The molecule has 1 aromatic carbocycles. The molecular formula is C16H18N2O4. The third kappa shape index (κ3) is 3.88. The van der Waals surface area contributed by atoms with E-state index >= 15 is 0 Å². The summed E-state index contributed by atoms with van der Waals surface area (Å²) in [5.41, 5.74) is 2.21. The molecule has 1 aromatic heterocycles. The molecule has 0 unspecified atom stereocenters. The minimum absolute atomic E-state index is 0.0159. The number of aromatic nitrogens is 1. The summed E-state index contributed by atoms with van der Waals surface area (Å²) in [6, 6.07) is 9.12. The smallest absolute Gasteiger partial charge is 0.412 e. The highest BCUT2D eigenvalue weighted by molar-refractivity contribution is 5.84. The Bertz CT molecular complexity index is 658. The molecule has 1 amide bonds. The van der Waals surface area contributed by atoms with Gasteiger partial charge in [0.2, 0.25) is 0 Å². The van der Waals surface area contributed by atoms with Gasteiger partial charge in [0.1, 0.15) is 12.3 Å². The van der Waals surface area contributed by atoms with Crippen LogP contribution in [0.25, 0.3) is 0 Å². The quantitative estimate of drug-likeness (QED) is 0.918. The molecule has 0 spiro atoms. The minimum atomic E-state index is -0.558. The Labute approximate surface area is 129 Å². The lowest BCUT2D eigenvalue weighted by molar-refractivity contribution is 0.152. The molecule has 22 heavy (non-hydrogen) atoms. The Balaban J connectivity index is 1.99. The predicted octanol–water partition coefficient (Wildman–Crippen LogP) is 3.16. The molecule has 0 fully saturated rings. The average molecular weight is 302 g/mol. The van der Waals surface area contributed by atoms with Crippen LogP contribution in [0.1, 0.15) is 11.3 Å². The van der Waals surface area contributed by atoms with Crippen molar-refractivity contribution in [3.63, 3.8) is 0 Å². The maximum absolute atomic E-state index is 11.8. The van der Waals surface area contributed by atoms with Gasteiger partial charge in [-0.25, -0.2) is 4.79 Å². The number of aryl methyl sites for hydroxylation is 1. The van der Waals surface area contributed by atoms with Gasteiger partial charge in [-0.05, 0) is 24.6 Å². The third-order valence-electron chi connectivity index (χ3n) is 2.97. The number of nitrogens with one attached hydrogen (secondary N) is 1. The van der Waals surface area contributed by atoms with Gasteiger partial charge >= 0.3 is 6.09 Å². The van der Waals surface area contributed by atoms with Crippen LogP contribution in [0.5, 0.6) is 11.5 Å². The number of benzene rings is 1. The Kier molecular flexibility index (Phi) is 5.19. The van der Waals surface area contributed by atoms with E-state index < -0.39 is 6.09 Å². The Morgan fingerprint density at radius 3 is 2.73 bits per heavy atom. The van der Waals surface area contributed by atoms with Crippen molar-refractivity contribution in [3.8, 4) is 11.5 Å². The topological polar surface area (TPSA) is 69.7 Å². The summed E-state index contributed by atoms with van der Waals surface area (Å²) in [5, 5.41) is 2.66. The van der Waals surface area contributed by atoms with E-state index in [1.807, 2.05) is 25.1 Å². The van der Waals surface area contributed by atoms with Crippen LogP contribution in [0.2, 0.25) is 0 Å². The van der Waals surface area contributed by atoms with Crippen molar-refractivity contribution in [1.29, 1.82) is 0 Å². The molecule has 0 bridgehead atoms. The largest absolute Gasteiger partial charge is 0.493 e. The van der Waals surface area contributed by atoms with Gasteiger partial charge in [0.25, 0.3) is 0 Å². The SMILES string of the molecule is COc1ccnc(COC(=O)Nc2cccc(C)c2)c1OC. The van der Waals surface area contributed by atoms with Crippen molar-refractivity contribution in [2.45, 2.75) is 13.5 Å². The van der Waals surface area contributed by atoms with Crippen LogP contribution in [-0.2, 0) is 11.3 Å². The van der Waals surface area contributed by atoms with Gasteiger partial charge in [0.05, 0.1) is 14.2 Å². The molecule has 0 aliphatic heterocycles. The van der Waals surface area contributed by atoms with E-state index in [0.717, 1.165) is 5.56 Å². The zero-order valence-corrected chi connectivity index (χ0v) is 12.8. The van der Waals surface area contributed by atoms with Gasteiger partial charge in [0, 0.05) is 18.0 Å². The lowest BCUT2D eigenvalue weighted by Gasteiger charge is -2.12. The molecule has 0 saturated carbocycles. The van der Waals surface area contributed by atoms with Crippen LogP contribution in [0.3, 0.4) is 0 Å². The maximum Gasteiger partial charge on any atom is 0.412 e. The molecule has 0 aliphatic rings. The van der Waals surface area contributed by atoms with Gasteiger partial charge in [-0.3, -0.25) is 10.3 Å². The molecule has 1 heterocycles. The first-order chi connectivity index (χ1) is 10.6. The number of nitrogens with zero attached hydrogens (tertiary/aromatic N) is 1. The van der Waals surface area contributed by atoms with Crippen molar-refractivity contribution in [2.75, 3.05) is 19.5 Å². The van der Waals surface area contributed by atoms with Gasteiger partial charge in [-0.15, -0.1) is 0 Å². The van der Waals surface area contributed by atoms with E-state index in [-0.39, 0.29) is 6.61 Å². The number of carbonyl (C=O) groups excluding carboxylic acids is 1. The van der Waals surface area contributed by atoms with Crippen molar-refractivity contribution in [3.05, 3.63) is 47.8 Å². The summed E-state index contributed by atoms with van der Waals surface area (Å²) in [7, 11) is 3.04. The second kappa shape index (κ2) is 7.31. The van der Waals surface area contributed by atoms with Crippen LogP contribution in [0.4, 0.5) is 10.5 Å². The molecule has 1 N–H and O–H groups in total. The summed E-state index contributed by atoms with van der Waals surface area (Å²) in [6.07, 6.45) is 1.01. The van der Waals surface area contributed by atoms with Crippen molar-refractivity contribution >= 4 is 11.8 Å². The number of hydrogen-bond donors (Lipinski definition) is 1. The highest BCUT2D eigenvalue weighted by Gasteiger charge is 2.13. The van der Waals surface area contributed by atoms with Crippen LogP contribution in [-0.4, -0.2) is 25.3 Å². The fourth-order valence-electron chi connectivity index (χ4n) is 1.96. The standard InChI is InChI=1S/C16H18N2O4/c1-11-5-4-6-12(9-11)18-16(19)22-10-13-15(21-3)14(20-2)7-8-17-13/h4-9H,10H2,1-3H3,(H,18,19). The molecule has 2 aromatic rings. The van der Waals surface area contributed by atoms with E-state index in [1.165, 1.54) is 14.2 Å². The zero-order valence-electron chi connectivity index (χ0n) is 12.8.